The van der Waals surface area contributed by atoms with Crippen molar-refractivity contribution in [3.05, 3.63) is 22.8 Å². The third-order valence-electron chi connectivity index (χ3n) is 2.07. The molecule has 1 rings (SSSR count). The Balaban J connectivity index is 2.81. The van der Waals surface area contributed by atoms with Gasteiger partial charge in [0.15, 0.2) is 0 Å². The van der Waals surface area contributed by atoms with E-state index in [0.29, 0.717) is 5.56 Å². The molecule has 1 atom stereocenters. The van der Waals surface area contributed by atoms with Crippen LogP contribution in [0.25, 0.3) is 0 Å². The lowest BCUT2D eigenvalue weighted by atomic mass is 10.1. The lowest BCUT2D eigenvalue weighted by Crippen LogP contribution is -2.11. The molecular weight excluding hydrogens is 246 g/mol. The van der Waals surface area contributed by atoms with Crippen LogP contribution in [-0.4, -0.2) is 29.8 Å². The number of rotatable bonds is 5. The number of methoxy groups -OCH3 is 1. The molecule has 0 saturated heterocycles. The van der Waals surface area contributed by atoms with E-state index in [1.165, 1.54) is 13.2 Å². The summed E-state index contributed by atoms with van der Waals surface area (Å²) in [5.74, 6) is -0.272. The highest BCUT2D eigenvalue weighted by molar-refractivity contribution is 6.29. The molecule has 0 saturated carbocycles. The molecule has 5 nitrogen and oxygen atoms in total. The number of aliphatic hydroxyl groups excluding tert-OH is 1. The van der Waals surface area contributed by atoms with Crippen LogP contribution in [0.1, 0.15) is 25.0 Å². The van der Waals surface area contributed by atoms with Crippen LogP contribution in [0.3, 0.4) is 0 Å². The number of aliphatic hydroxyl groups is 1. The molecule has 1 N–H and O–H groups in total. The average molecular weight is 260 g/mol. The van der Waals surface area contributed by atoms with Crippen LogP contribution in [-0.2, 0) is 9.53 Å². The first-order valence-electron chi connectivity index (χ1n) is 5.12. The largest absolute Gasteiger partial charge is 0.481 e. The molecular formula is C11H14ClNO4. The van der Waals surface area contributed by atoms with Crippen LogP contribution in [0.4, 0.5) is 0 Å². The zero-order chi connectivity index (χ0) is 12.8. The van der Waals surface area contributed by atoms with Gasteiger partial charge >= 0.3 is 5.97 Å². The molecule has 17 heavy (non-hydrogen) atoms. The smallest absolute Gasteiger partial charge is 0.308 e. The van der Waals surface area contributed by atoms with Crippen LogP contribution < -0.4 is 4.74 Å². The number of carbonyl (C=O) groups is 1. The number of hydrogen-bond donors (Lipinski definition) is 1. The fraction of sp³-hybridized carbons (Fsp3) is 0.455. The van der Waals surface area contributed by atoms with Crippen molar-refractivity contribution in [2.45, 2.75) is 19.4 Å². The molecule has 0 fully saturated rings. The molecule has 1 aromatic heterocycles. The predicted molar refractivity (Wildman–Crippen MR) is 62.0 cm³/mol. The van der Waals surface area contributed by atoms with Crippen molar-refractivity contribution >= 4 is 17.6 Å². The summed E-state index contributed by atoms with van der Waals surface area (Å²) in [7, 11) is 1.42. The van der Waals surface area contributed by atoms with E-state index in [2.05, 4.69) is 4.98 Å². The van der Waals surface area contributed by atoms with Crippen molar-refractivity contribution in [1.29, 1.82) is 0 Å². The number of nitrogens with zero attached hydrogens (tertiary/aromatic N) is 1. The molecule has 0 bridgehead atoms. The molecule has 1 unspecified atom stereocenters. The highest BCUT2D eigenvalue weighted by atomic mass is 35.5. The Morgan fingerprint density at radius 1 is 1.59 bits per heavy atom. The van der Waals surface area contributed by atoms with Gasteiger partial charge in [0.2, 0.25) is 5.88 Å². The first kappa shape index (κ1) is 13.7. The van der Waals surface area contributed by atoms with Crippen molar-refractivity contribution in [1.82, 2.24) is 4.98 Å². The van der Waals surface area contributed by atoms with Gasteiger partial charge in [0, 0.05) is 5.56 Å². The summed E-state index contributed by atoms with van der Waals surface area (Å²) in [5.41, 5.74) is 0.407. The molecule has 0 spiro atoms. The normalized spacial score (nSPS) is 12.0. The number of hydrogen-bond acceptors (Lipinski definition) is 5. The second-order valence-corrected chi connectivity index (χ2v) is 3.64. The summed E-state index contributed by atoms with van der Waals surface area (Å²) in [6.07, 6.45) is -1.16. The second-order valence-electron chi connectivity index (χ2n) is 3.26. The number of carbonyl (C=O) groups excluding carboxylic acids is 1. The topological polar surface area (TPSA) is 68.7 Å². The molecule has 0 aromatic carbocycles. The van der Waals surface area contributed by atoms with Crippen molar-refractivity contribution in [2.24, 2.45) is 0 Å². The number of esters is 1. The zero-order valence-electron chi connectivity index (χ0n) is 9.64. The molecule has 6 heteroatoms. The Morgan fingerprint density at radius 2 is 2.29 bits per heavy atom. The van der Waals surface area contributed by atoms with Crippen molar-refractivity contribution in [2.75, 3.05) is 13.7 Å². The Kier molecular flexibility index (Phi) is 5.18. The number of ether oxygens (including phenoxy) is 2. The van der Waals surface area contributed by atoms with Gasteiger partial charge in [-0.3, -0.25) is 4.79 Å². The van der Waals surface area contributed by atoms with Crippen LogP contribution in [0.5, 0.6) is 5.88 Å². The Bertz CT molecular complexity index is 397. The minimum Gasteiger partial charge on any atom is -0.481 e. The minimum atomic E-state index is -1.02. The molecule has 1 aromatic rings. The van der Waals surface area contributed by atoms with Crippen LogP contribution in [0.2, 0.25) is 5.15 Å². The first-order valence-corrected chi connectivity index (χ1v) is 5.50. The van der Waals surface area contributed by atoms with E-state index in [0.717, 1.165) is 0 Å². The summed E-state index contributed by atoms with van der Waals surface area (Å²) in [5, 5.41) is 10.1. The van der Waals surface area contributed by atoms with Gasteiger partial charge in [0.1, 0.15) is 5.15 Å². The van der Waals surface area contributed by atoms with E-state index in [1.54, 1.807) is 13.0 Å². The van der Waals surface area contributed by atoms with E-state index in [-0.39, 0.29) is 24.1 Å². The zero-order valence-corrected chi connectivity index (χ0v) is 10.4. The van der Waals surface area contributed by atoms with Gasteiger partial charge in [-0.05, 0) is 19.1 Å². The molecule has 0 aliphatic carbocycles. The lowest BCUT2D eigenvalue weighted by Gasteiger charge is -2.13. The Hall–Kier alpha value is -1.33. The first-order chi connectivity index (χ1) is 8.08. The van der Waals surface area contributed by atoms with Crippen molar-refractivity contribution in [3.63, 3.8) is 0 Å². The molecule has 0 radical (unpaired) electrons. The van der Waals surface area contributed by atoms with E-state index in [9.17, 15) is 9.90 Å². The lowest BCUT2D eigenvalue weighted by molar-refractivity contribution is -0.145. The van der Waals surface area contributed by atoms with E-state index >= 15 is 0 Å². The third-order valence-corrected chi connectivity index (χ3v) is 2.28. The van der Waals surface area contributed by atoms with Gasteiger partial charge in [-0.1, -0.05) is 11.6 Å². The molecule has 1 heterocycles. The summed E-state index contributed by atoms with van der Waals surface area (Å²) in [6, 6.07) is 3.09. The van der Waals surface area contributed by atoms with Crippen molar-refractivity contribution < 1.29 is 19.4 Å². The quantitative estimate of drug-likeness (QED) is 0.644. The SMILES string of the molecule is CCOC(=O)CC(O)c1ccc(Cl)nc1OC. The number of aromatic nitrogens is 1. The van der Waals surface area contributed by atoms with Crippen LogP contribution >= 0.6 is 11.6 Å². The standard InChI is InChI=1S/C11H14ClNO4/c1-3-17-10(15)6-8(14)7-4-5-9(12)13-11(7)16-2/h4-5,8,14H,3,6H2,1-2H3. The summed E-state index contributed by atoms with van der Waals surface area (Å²) < 4.78 is 9.73. The highest BCUT2D eigenvalue weighted by Gasteiger charge is 2.18. The molecule has 0 aliphatic rings. The maximum absolute atomic E-state index is 11.2. The van der Waals surface area contributed by atoms with Crippen LogP contribution in [0.15, 0.2) is 12.1 Å². The Morgan fingerprint density at radius 3 is 2.88 bits per heavy atom. The fourth-order valence-electron chi connectivity index (χ4n) is 1.33. The van der Waals surface area contributed by atoms with E-state index in [1.807, 2.05) is 0 Å². The van der Waals surface area contributed by atoms with Gasteiger partial charge in [-0.15, -0.1) is 0 Å². The average Bonchev–Trinajstić information content (AvgIpc) is 2.28. The highest BCUT2D eigenvalue weighted by Crippen LogP contribution is 2.27. The predicted octanol–water partition coefficient (Wildman–Crippen LogP) is 1.73. The maximum Gasteiger partial charge on any atom is 0.308 e. The second kappa shape index (κ2) is 6.42. The number of halogens is 1. The van der Waals surface area contributed by atoms with E-state index in [4.69, 9.17) is 21.1 Å². The molecule has 0 aliphatic heterocycles. The Labute approximate surface area is 104 Å². The molecule has 94 valence electrons. The summed E-state index contributed by atoms with van der Waals surface area (Å²) >= 11 is 5.69. The number of pyridine rings is 1. The van der Waals surface area contributed by atoms with Crippen LogP contribution in [0, 0.1) is 0 Å². The minimum absolute atomic E-state index is 0.145. The van der Waals surface area contributed by atoms with Gasteiger partial charge in [0.25, 0.3) is 0 Å². The monoisotopic (exact) mass is 259 g/mol. The van der Waals surface area contributed by atoms with Gasteiger partial charge in [-0.2, -0.15) is 0 Å². The van der Waals surface area contributed by atoms with Gasteiger partial charge in [0.05, 0.1) is 26.2 Å². The van der Waals surface area contributed by atoms with Crippen molar-refractivity contribution in [3.8, 4) is 5.88 Å². The molecule has 0 amide bonds. The van der Waals surface area contributed by atoms with E-state index < -0.39 is 12.1 Å². The maximum atomic E-state index is 11.2. The third kappa shape index (κ3) is 3.87. The summed E-state index contributed by atoms with van der Waals surface area (Å²) in [6.45, 7) is 1.98. The van der Waals surface area contributed by atoms with Gasteiger partial charge < -0.3 is 14.6 Å². The fourth-order valence-corrected chi connectivity index (χ4v) is 1.47. The summed E-state index contributed by atoms with van der Waals surface area (Å²) in [4.78, 5) is 15.1. The van der Waals surface area contributed by atoms with Gasteiger partial charge in [-0.25, -0.2) is 4.98 Å².